The molecule has 1 aliphatic carbocycles. The number of hydrogen-bond acceptors (Lipinski definition) is 4. The molecule has 1 aliphatic heterocycles. The van der Waals surface area contributed by atoms with Gasteiger partial charge in [0.2, 0.25) is 0 Å². The van der Waals surface area contributed by atoms with Crippen molar-refractivity contribution in [2.45, 2.75) is 77.0 Å². The van der Waals surface area contributed by atoms with Crippen LogP contribution in [0.1, 0.15) is 70.9 Å². The van der Waals surface area contributed by atoms with Crippen molar-refractivity contribution in [2.24, 2.45) is 0 Å². The van der Waals surface area contributed by atoms with Crippen LogP contribution in [0.2, 0.25) is 0 Å². The van der Waals surface area contributed by atoms with E-state index in [0.717, 1.165) is 32.2 Å². The van der Waals surface area contributed by atoms with Crippen molar-refractivity contribution in [2.75, 3.05) is 18.5 Å². The van der Waals surface area contributed by atoms with Crippen LogP contribution in [0, 0.1) is 0 Å². The number of pyridine rings is 1. The van der Waals surface area contributed by atoms with E-state index in [0.29, 0.717) is 11.9 Å². The van der Waals surface area contributed by atoms with E-state index >= 15 is 0 Å². The third-order valence-corrected chi connectivity index (χ3v) is 5.20. The third-order valence-electron chi connectivity index (χ3n) is 5.20. The zero-order chi connectivity index (χ0) is 18.0. The van der Waals surface area contributed by atoms with E-state index in [1.807, 2.05) is 33.0 Å². The number of amides is 1. The number of likely N-dealkylation sites (tertiary alicyclic amines) is 1. The van der Waals surface area contributed by atoms with Gasteiger partial charge in [0.25, 0.3) is 0 Å². The molecule has 3 rings (SSSR count). The average Bonchev–Trinajstić information content (AvgIpc) is 3.18. The number of hydrogen-bond donors (Lipinski definition) is 0. The normalized spacial score (nSPS) is 22.3. The summed E-state index contributed by atoms with van der Waals surface area (Å²) < 4.78 is 5.65. The van der Waals surface area contributed by atoms with Crippen molar-refractivity contribution >= 4 is 11.9 Å². The van der Waals surface area contributed by atoms with E-state index < -0.39 is 5.60 Å². The highest BCUT2D eigenvalue weighted by atomic mass is 16.6. The van der Waals surface area contributed by atoms with Crippen molar-refractivity contribution < 1.29 is 9.53 Å². The van der Waals surface area contributed by atoms with Gasteiger partial charge in [0, 0.05) is 18.3 Å². The van der Waals surface area contributed by atoms with E-state index in [-0.39, 0.29) is 12.1 Å². The van der Waals surface area contributed by atoms with Gasteiger partial charge in [-0.25, -0.2) is 9.78 Å². The molecule has 1 amide bonds. The van der Waals surface area contributed by atoms with Gasteiger partial charge in [-0.3, -0.25) is 9.80 Å². The summed E-state index contributed by atoms with van der Waals surface area (Å²) in [6, 6.07) is 4.76. The Bertz CT molecular complexity index is 588. The molecule has 2 heterocycles. The molecule has 0 N–H and O–H groups in total. The third kappa shape index (κ3) is 4.32. The Morgan fingerprint density at radius 2 is 1.92 bits per heavy atom. The van der Waals surface area contributed by atoms with Crippen molar-refractivity contribution in [1.29, 1.82) is 0 Å². The number of ether oxygens (including phenoxy) is 1. The highest BCUT2D eigenvalue weighted by Crippen LogP contribution is 2.32. The van der Waals surface area contributed by atoms with Crippen LogP contribution < -0.4 is 4.90 Å². The van der Waals surface area contributed by atoms with Gasteiger partial charge in [-0.1, -0.05) is 18.9 Å². The highest BCUT2D eigenvalue weighted by Gasteiger charge is 2.32. The number of carbonyl (C=O) groups is 1. The second-order valence-electron chi connectivity index (χ2n) is 8.38. The van der Waals surface area contributed by atoms with Crippen LogP contribution in [0.15, 0.2) is 18.3 Å². The fourth-order valence-corrected chi connectivity index (χ4v) is 3.97. The molecule has 25 heavy (non-hydrogen) atoms. The monoisotopic (exact) mass is 345 g/mol. The molecule has 0 bridgehead atoms. The molecule has 5 heteroatoms. The van der Waals surface area contributed by atoms with Crippen molar-refractivity contribution in [1.82, 2.24) is 9.88 Å². The largest absolute Gasteiger partial charge is 0.443 e. The second kappa shape index (κ2) is 7.32. The first kappa shape index (κ1) is 18.2. The van der Waals surface area contributed by atoms with Gasteiger partial charge >= 0.3 is 6.09 Å². The Hall–Kier alpha value is -1.62. The number of rotatable bonds is 3. The first-order chi connectivity index (χ1) is 11.8. The minimum Gasteiger partial charge on any atom is -0.443 e. The minimum atomic E-state index is -0.500. The predicted octanol–water partition coefficient (Wildman–Crippen LogP) is 4.53. The highest BCUT2D eigenvalue weighted by molar-refractivity contribution is 5.87. The van der Waals surface area contributed by atoms with Crippen LogP contribution >= 0.6 is 0 Å². The Labute approximate surface area is 151 Å². The molecular formula is C20H31N3O2. The summed E-state index contributed by atoms with van der Waals surface area (Å²) in [5.74, 6) is 0.713. The summed E-state index contributed by atoms with van der Waals surface area (Å²) in [4.78, 5) is 21.6. The van der Waals surface area contributed by atoms with Gasteiger partial charge in [-0.05, 0) is 71.7 Å². The first-order valence-electron chi connectivity index (χ1n) is 9.53. The SMILES string of the molecule is CN1CCC[C@H]1c1ccc(N(C(=O)OC(C)(C)C)C2CCCC2)nc1. The molecule has 1 saturated heterocycles. The lowest BCUT2D eigenvalue weighted by atomic mass is 10.1. The van der Waals surface area contributed by atoms with E-state index in [1.54, 1.807) is 4.90 Å². The second-order valence-corrected chi connectivity index (χ2v) is 8.38. The Morgan fingerprint density at radius 3 is 2.44 bits per heavy atom. The molecule has 1 atom stereocenters. The quantitative estimate of drug-likeness (QED) is 0.807. The molecule has 0 aromatic carbocycles. The van der Waals surface area contributed by atoms with Gasteiger partial charge in [0.05, 0.1) is 0 Å². The Balaban J connectivity index is 1.81. The number of carbonyl (C=O) groups excluding carboxylic acids is 1. The first-order valence-corrected chi connectivity index (χ1v) is 9.53. The van der Waals surface area contributed by atoms with E-state index in [9.17, 15) is 4.79 Å². The van der Waals surface area contributed by atoms with E-state index in [4.69, 9.17) is 4.74 Å². The topological polar surface area (TPSA) is 45.7 Å². The summed E-state index contributed by atoms with van der Waals surface area (Å²) in [5, 5.41) is 0. The zero-order valence-corrected chi connectivity index (χ0v) is 16.0. The van der Waals surface area contributed by atoms with Crippen LogP contribution in [-0.2, 0) is 4.74 Å². The number of aromatic nitrogens is 1. The molecule has 2 fully saturated rings. The molecule has 0 spiro atoms. The van der Waals surface area contributed by atoms with Crippen LogP contribution in [-0.4, -0.2) is 41.2 Å². The predicted molar refractivity (Wildman–Crippen MR) is 99.8 cm³/mol. The summed E-state index contributed by atoms with van der Waals surface area (Å²) >= 11 is 0. The summed E-state index contributed by atoms with van der Waals surface area (Å²) in [7, 11) is 2.16. The molecule has 0 radical (unpaired) electrons. The molecule has 1 aromatic heterocycles. The number of nitrogens with zero attached hydrogens (tertiary/aromatic N) is 3. The number of anilines is 1. The molecule has 0 unspecified atom stereocenters. The summed E-state index contributed by atoms with van der Waals surface area (Å²) in [6.07, 6.45) is 8.43. The molecule has 2 aliphatic rings. The fraction of sp³-hybridized carbons (Fsp3) is 0.700. The molecule has 138 valence electrons. The van der Waals surface area contributed by atoms with Crippen molar-refractivity contribution in [3.63, 3.8) is 0 Å². The van der Waals surface area contributed by atoms with E-state index in [2.05, 4.69) is 23.0 Å². The summed E-state index contributed by atoms with van der Waals surface area (Å²) in [5.41, 5.74) is 0.736. The van der Waals surface area contributed by atoms with Crippen LogP contribution in [0.4, 0.5) is 10.6 Å². The lowest BCUT2D eigenvalue weighted by Crippen LogP contribution is -2.43. The zero-order valence-electron chi connectivity index (χ0n) is 16.0. The van der Waals surface area contributed by atoms with Crippen molar-refractivity contribution in [3.05, 3.63) is 23.9 Å². The van der Waals surface area contributed by atoms with Gasteiger partial charge in [0.1, 0.15) is 11.4 Å². The summed E-state index contributed by atoms with van der Waals surface area (Å²) in [6.45, 7) is 6.86. The maximum absolute atomic E-state index is 12.8. The standard InChI is InChI=1S/C20H31N3O2/c1-20(2,3)25-19(24)23(16-8-5-6-9-16)18-12-11-15(14-21-18)17-10-7-13-22(17)4/h11-12,14,16-17H,5-10,13H2,1-4H3/t17-/m0/s1. The van der Waals surface area contributed by atoms with E-state index in [1.165, 1.54) is 18.4 Å². The Kier molecular flexibility index (Phi) is 5.32. The maximum Gasteiger partial charge on any atom is 0.416 e. The van der Waals surface area contributed by atoms with Gasteiger partial charge in [-0.15, -0.1) is 0 Å². The van der Waals surface area contributed by atoms with Gasteiger partial charge in [-0.2, -0.15) is 0 Å². The lowest BCUT2D eigenvalue weighted by molar-refractivity contribution is 0.0564. The fourth-order valence-electron chi connectivity index (χ4n) is 3.97. The Morgan fingerprint density at radius 1 is 1.20 bits per heavy atom. The molecule has 1 saturated carbocycles. The van der Waals surface area contributed by atoms with Gasteiger partial charge < -0.3 is 4.74 Å². The average molecular weight is 345 g/mol. The minimum absolute atomic E-state index is 0.197. The maximum atomic E-state index is 12.8. The van der Waals surface area contributed by atoms with Crippen molar-refractivity contribution in [3.8, 4) is 0 Å². The van der Waals surface area contributed by atoms with Crippen LogP contribution in [0.5, 0.6) is 0 Å². The molecular weight excluding hydrogens is 314 g/mol. The molecule has 5 nitrogen and oxygen atoms in total. The van der Waals surface area contributed by atoms with Gasteiger partial charge in [0.15, 0.2) is 0 Å². The molecule has 1 aromatic rings. The van der Waals surface area contributed by atoms with Crippen LogP contribution in [0.25, 0.3) is 0 Å². The lowest BCUT2D eigenvalue weighted by Gasteiger charge is -2.31. The van der Waals surface area contributed by atoms with Crippen LogP contribution in [0.3, 0.4) is 0 Å². The smallest absolute Gasteiger partial charge is 0.416 e.